The molecule has 17 heavy (non-hydrogen) atoms. The molecule has 0 saturated carbocycles. The highest BCUT2D eigenvalue weighted by Crippen LogP contribution is 2.29. The smallest absolute Gasteiger partial charge is 0.0402 e. The third-order valence-corrected chi connectivity index (χ3v) is 3.39. The van der Waals surface area contributed by atoms with Crippen LogP contribution in [0.5, 0.6) is 0 Å². The average molecular weight is 232 g/mol. The lowest BCUT2D eigenvalue weighted by molar-refractivity contribution is 0.622. The molecule has 0 radical (unpaired) electrons. The van der Waals surface area contributed by atoms with Crippen LogP contribution in [0, 0.1) is 5.92 Å². The van der Waals surface area contributed by atoms with Gasteiger partial charge in [-0.1, -0.05) is 26.0 Å². The van der Waals surface area contributed by atoms with Crippen molar-refractivity contribution in [3.8, 4) is 0 Å². The zero-order chi connectivity index (χ0) is 12.3. The van der Waals surface area contributed by atoms with Crippen LogP contribution in [0.3, 0.4) is 0 Å². The summed E-state index contributed by atoms with van der Waals surface area (Å²) in [4.78, 5) is 2.54. The van der Waals surface area contributed by atoms with E-state index in [9.17, 15) is 0 Å². The molecule has 2 nitrogen and oxygen atoms in total. The van der Waals surface area contributed by atoms with Gasteiger partial charge in [-0.3, -0.25) is 0 Å². The predicted molar refractivity (Wildman–Crippen MR) is 74.8 cm³/mol. The van der Waals surface area contributed by atoms with Crippen molar-refractivity contribution in [2.24, 2.45) is 5.92 Å². The third kappa shape index (κ3) is 3.01. The Bertz CT molecular complexity index is 371. The van der Waals surface area contributed by atoms with E-state index in [0.717, 1.165) is 18.9 Å². The van der Waals surface area contributed by atoms with Gasteiger partial charge < -0.3 is 10.2 Å². The molecule has 1 N–H and O–H groups in total. The van der Waals surface area contributed by atoms with Crippen LogP contribution >= 0.6 is 0 Å². The van der Waals surface area contributed by atoms with E-state index in [1.807, 2.05) is 7.05 Å². The minimum atomic E-state index is 0.738. The van der Waals surface area contributed by atoms with Gasteiger partial charge in [0, 0.05) is 18.8 Å². The number of fused-ring (bicyclic) bond motifs is 1. The summed E-state index contributed by atoms with van der Waals surface area (Å²) in [5, 5.41) is 3.21. The number of nitrogens with zero attached hydrogens (tertiary/aromatic N) is 1. The molecule has 2 heteroatoms. The van der Waals surface area contributed by atoms with Crippen LogP contribution in [0.2, 0.25) is 0 Å². The van der Waals surface area contributed by atoms with Gasteiger partial charge in [-0.15, -0.1) is 0 Å². The van der Waals surface area contributed by atoms with Crippen molar-refractivity contribution in [1.29, 1.82) is 0 Å². The van der Waals surface area contributed by atoms with Crippen molar-refractivity contribution in [3.05, 3.63) is 29.3 Å². The first-order chi connectivity index (χ1) is 8.20. The first-order valence-corrected chi connectivity index (χ1v) is 6.72. The Balaban J connectivity index is 2.12. The van der Waals surface area contributed by atoms with Crippen LogP contribution in [0.1, 0.15) is 25.0 Å². The largest absolute Gasteiger partial charge is 0.371 e. The van der Waals surface area contributed by atoms with Crippen LogP contribution in [0.4, 0.5) is 5.69 Å². The van der Waals surface area contributed by atoms with Gasteiger partial charge in [0.2, 0.25) is 0 Å². The summed E-state index contributed by atoms with van der Waals surface area (Å²) in [5.41, 5.74) is 4.46. The minimum absolute atomic E-state index is 0.738. The van der Waals surface area contributed by atoms with E-state index in [-0.39, 0.29) is 0 Å². The van der Waals surface area contributed by atoms with E-state index in [1.165, 1.54) is 36.3 Å². The van der Waals surface area contributed by atoms with Crippen LogP contribution in [-0.2, 0) is 12.8 Å². The number of nitrogens with one attached hydrogen (secondary N) is 1. The Hall–Kier alpha value is -1.02. The number of rotatable bonds is 5. The van der Waals surface area contributed by atoms with Gasteiger partial charge in [0.25, 0.3) is 0 Å². The quantitative estimate of drug-likeness (QED) is 0.839. The lowest BCUT2D eigenvalue weighted by Crippen LogP contribution is -2.25. The molecule has 0 atom stereocenters. The molecule has 2 rings (SSSR count). The molecule has 0 fully saturated rings. The first kappa shape index (κ1) is 12.4. The van der Waals surface area contributed by atoms with E-state index in [4.69, 9.17) is 0 Å². The molecule has 1 heterocycles. The monoisotopic (exact) mass is 232 g/mol. The highest BCUT2D eigenvalue weighted by Gasteiger charge is 2.19. The van der Waals surface area contributed by atoms with Crippen molar-refractivity contribution >= 4 is 5.69 Å². The Morgan fingerprint density at radius 2 is 2.18 bits per heavy atom. The highest BCUT2D eigenvalue weighted by atomic mass is 15.1. The number of likely N-dealkylation sites (N-methyl/N-ethyl adjacent to an activating group) is 1. The Kier molecular flexibility index (Phi) is 4.06. The van der Waals surface area contributed by atoms with Crippen molar-refractivity contribution in [2.45, 2.75) is 26.7 Å². The first-order valence-electron chi connectivity index (χ1n) is 6.72. The fourth-order valence-corrected chi connectivity index (χ4v) is 2.55. The Morgan fingerprint density at radius 1 is 1.35 bits per heavy atom. The van der Waals surface area contributed by atoms with E-state index >= 15 is 0 Å². The summed E-state index contributed by atoms with van der Waals surface area (Å²) < 4.78 is 0. The van der Waals surface area contributed by atoms with Crippen LogP contribution < -0.4 is 10.2 Å². The van der Waals surface area contributed by atoms with Crippen molar-refractivity contribution in [3.63, 3.8) is 0 Å². The maximum absolute atomic E-state index is 3.21. The lowest BCUT2D eigenvalue weighted by atomic mass is 10.1. The summed E-state index contributed by atoms with van der Waals surface area (Å²) in [7, 11) is 2.01. The van der Waals surface area contributed by atoms with Gasteiger partial charge in [-0.25, -0.2) is 0 Å². The molecule has 0 saturated heterocycles. The molecule has 1 aromatic carbocycles. The number of anilines is 1. The van der Waals surface area contributed by atoms with E-state index in [1.54, 1.807) is 0 Å². The van der Waals surface area contributed by atoms with E-state index in [2.05, 4.69) is 42.3 Å². The zero-order valence-electron chi connectivity index (χ0n) is 11.3. The maximum atomic E-state index is 3.21. The van der Waals surface area contributed by atoms with Crippen LogP contribution in [0.25, 0.3) is 0 Å². The number of hydrogen-bond acceptors (Lipinski definition) is 2. The SMILES string of the molecule is CNCCc1ccc2c(c1)N(CC(C)C)CC2. The van der Waals surface area contributed by atoms with Gasteiger partial charge in [0.15, 0.2) is 0 Å². The van der Waals surface area contributed by atoms with E-state index < -0.39 is 0 Å². The van der Waals surface area contributed by atoms with Crippen molar-refractivity contribution < 1.29 is 0 Å². The molecular weight excluding hydrogens is 208 g/mol. The molecule has 0 aromatic heterocycles. The van der Waals surface area contributed by atoms with E-state index in [0.29, 0.717) is 0 Å². The zero-order valence-corrected chi connectivity index (χ0v) is 11.3. The molecule has 0 amide bonds. The second-order valence-electron chi connectivity index (χ2n) is 5.41. The topological polar surface area (TPSA) is 15.3 Å². The van der Waals surface area contributed by atoms with Crippen LogP contribution in [0.15, 0.2) is 18.2 Å². The second-order valence-corrected chi connectivity index (χ2v) is 5.41. The Labute approximate surface area is 105 Å². The van der Waals surface area contributed by atoms with Gasteiger partial charge in [0.1, 0.15) is 0 Å². The predicted octanol–water partition coefficient (Wildman–Crippen LogP) is 2.47. The number of hydrogen-bond donors (Lipinski definition) is 1. The highest BCUT2D eigenvalue weighted by molar-refractivity contribution is 5.59. The molecule has 94 valence electrons. The minimum Gasteiger partial charge on any atom is -0.371 e. The fourth-order valence-electron chi connectivity index (χ4n) is 2.55. The summed E-state index contributed by atoms with van der Waals surface area (Å²) in [6.07, 6.45) is 2.34. The van der Waals surface area contributed by atoms with Gasteiger partial charge >= 0.3 is 0 Å². The molecular formula is C15H24N2. The molecule has 0 unspecified atom stereocenters. The normalized spacial score (nSPS) is 14.5. The summed E-state index contributed by atoms with van der Waals surface area (Å²) in [5.74, 6) is 0.738. The lowest BCUT2D eigenvalue weighted by Gasteiger charge is -2.22. The van der Waals surface area contributed by atoms with Crippen molar-refractivity contribution in [1.82, 2.24) is 5.32 Å². The van der Waals surface area contributed by atoms with Gasteiger partial charge in [0.05, 0.1) is 0 Å². The fraction of sp³-hybridized carbons (Fsp3) is 0.600. The van der Waals surface area contributed by atoms with Crippen molar-refractivity contribution in [2.75, 3.05) is 31.6 Å². The molecule has 1 aromatic rings. The number of benzene rings is 1. The molecule has 0 aliphatic carbocycles. The van der Waals surface area contributed by atoms with Gasteiger partial charge in [-0.2, -0.15) is 0 Å². The van der Waals surface area contributed by atoms with Gasteiger partial charge in [-0.05, 0) is 49.5 Å². The summed E-state index contributed by atoms with van der Waals surface area (Å²) >= 11 is 0. The van der Waals surface area contributed by atoms with Crippen LogP contribution in [-0.4, -0.2) is 26.7 Å². The average Bonchev–Trinajstić information content (AvgIpc) is 2.69. The molecule has 0 spiro atoms. The standard InChI is InChI=1S/C15H24N2/c1-12(2)11-17-9-7-14-5-4-13(6-8-16-3)10-15(14)17/h4-5,10,12,16H,6-9,11H2,1-3H3. The Morgan fingerprint density at radius 3 is 2.88 bits per heavy atom. The second kappa shape index (κ2) is 5.54. The molecule has 1 aliphatic rings. The summed E-state index contributed by atoms with van der Waals surface area (Å²) in [6.45, 7) is 8.03. The summed E-state index contributed by atoms with van der Waals surface area (Å²) in [6, 6.07) is 7.00. The maximum Gasteiger partial charge on any atom is 0.0402 e. The molecule has 0 bridgehead atoms. The molecule has 1 aliphatic heterocycles. The third-order valence-electron chi connectivity index (χ3n) is 3.39.